The zero-order valence-electron chi connectivity index (χ0n) is 17.6. The van der Waals surface area contributed by atoms with Gasteiger partial charge in [-0.1, -0.05) is 13.0 Å². The predicted octanol–water partition coefficient (Wildman–Crippen LogP) is 3.89. The number of hydrogen-bond donors (Lipinski definition) is 1. The van der Waals surface area contributed by atoms with Gasteiger partial charge in [-0.25, -0.2) is 0 Å². The Morgan fingerprint density at radius 3 is 2.93 bits per heavy atom. The summed E-state index contributed by atoms with van der Waals surface area (Å²) in [6.45, 7) is 5.05. The van der Waals surface area contributed by atoms with Gasteiger partial charge in [0.25, 0.3) is 0 Å². The summed E-state index contributed by atoms with van der Waals surface area (Å²) < 4.78 is 5.76. The number of nitrogens with one attached hydrogen (secondary N) is 1. The first-order valence-electron chi connectivity index (χ1n) is 11.1. The number of carbonyl (C=O) groups is 1. The maximum Gasteiger partial charge on any atom is 0.224 e. The van der Waals surface area contributed by atoms with Crippen LogP contribution in [0.25, 0.3) is 11.0 Å². The first-order chi connectivity index (χ1) is 14.7. The van der Waals surface area contributed by atoms with Gasteiger partial charge in [-0.2, -0.15) is 0 Å². The topological polar surface area (TPSA) is 58.4 Å². The average Bonchev–Trinajstić information content (AvgIpc) is 3.36. The monoisotopic (exact) mass is 403 g/mol. The number of carbonyl (C=O) groups excluding carboxylic acids is 1. The summed E-state index contributed by atoms with van der Waals surface area (Å²) in [5, 5.41) is 4.39. The van der Waals surface area contributed by atoms with E-state index in [9.17, 15) is 4.79 Å². The lowest BCUT2D eigenvalue weighted by molar-refractivity contribution is -0.121. The minimum Gasteiger partial charge on any atom is -0.464 e. The van der Waals surface area contributed by atoms with E-state index in [0.717, 1.165) is 61.1 Å². The van der Waals surface area contributed by atoms with E-state index in [1.54, 1.807) is 6.26 Å². The Labute approximate surface area is 177 Å². The first-order valence-corrected chi connectivity index (χ1v) is 11.1. The highest BCUT2D eigenvalue weighted by Gasteiger charge is 2.27. The molecule has 2 unspecified atom stereocenters. The van der Waals surface area contributed by atoms with Crippen molar-refractivity contribution in [2.75, 3.05) is 13.1 Å². The largest absolute Gasteiger partial charge is 0.464 e. The summed E-state index contributed by atoms with van der Waals surface area (Å²) in [7, 11) is 0. The van der Waals surface area contributed by atoms with Crippen molar-refractivity contribution in [3.05, 3.63) is 65.2 Å². The number of piperidine rings is 1. The molecule has 1 N–H and O–H groups in total. The fourth-order valence-corrected chi connectivity index (χ4v) is 5.03. The van der Waals surface area contributed by atoms with Crippen LogP contribution >= 0.6 is 0 Å². The van der Waals surface area contributed by atoms with Crippen molar-refractivity contribution in [3.63, 3.8) is 0 Å². The zero-order chi connectivity index (χ0) is 20.5. The number of furan rings is 1. The molecule has 0 bridgehead atoms. The minimum absolute atomic E-state index is 0.0909. The molecule has 5 heteroatoms. The summed E-state index contributed by atoms with van der Waals surface area (Å²) in [5.41, 5.74) is 5.83. The highest BCUT2D eigenvalue weighted by molar-refractivity contribution is 5.88. The average molecular weight is 404 g/mol. The van der Waals surface area contributed by atoms with Gasteiger partial charge in [0.2, 0.25) is 5.91 Å². The lowest BCUT2D eigenvalue weighted by Crippen LogP contribution is -2.50. The number of rotatable bonds is 5. The fraction of sp³-hybridized carbons (Fsp3) is 0.440. The van der Waals surface area contributed by atoms with Crippen LogP contribution in [-0.4, -0.2) is 34.9 Å². The van der Waals surface area contributed by atoms with Crippen molar-refractivity contribution in [3.8, 4) is 0 Å². The van der Waals surface area contributed by atoms with Gasteiger partial charge in [-0.15, -0.1) is 0 Å². The van der Waals surface area contributed by atoms with Gasteiger partial charge >= 0.3 is 0 Å². The van der Waals surface area contributed by atoms with E-state index in [2.05, 4.69) is 40.3 Å². The van der Waals surface area contributed by atoms with Crippen molar-refractivity contribution in [2.24, 2.45) is 5.92 Å². The van der Waals surface area contributed by atoms with E-state index in [0.29, 0.717) is 12.3 Å². The molecule has 30 heavy (non-hydrogen) atoms. The lowest BCUT2D eigenvalue weighted by Gasteiger charge is -2.37. The van der Waals surface area contributed by atoms with Gasteiger partial charge in [0.05, 0.1) is 18.4 Å². The van der Waals surface area contributed by atoms with Crippen LogP contribution in [0.2, 0.25) is 0 Å². The van der Waals surface area contributed by atoms with E-state index >= 15 is 0 Å². The number of aryl methyl sites for hydroxylation is 2. The zero-order valence-corrected chi connectivity index (χ0v) is 17.6. The van der Waals surface area contributed by atoms with Crippen LogP contribution in [0.15, 0.2) is 47.2 Å². The number of benzene rings is 1. The van der Waals surface area contributed by atoms with Crippen LogP contribution in [0.3, 0.4) is 0 Å². The van der Waals surface area contributed by atoms with Gasteiger partial charge in [0.1, 0.15) is 5.58 Å². The van der Waals surface area contributed by atoms with Crippen LogP contribution in [0, 0.1) is 5.92 Å². The Morgan fingerprint density at radius 2 is 2.13 bits per heavy atom. The molecule has 3 aromatic rings. The van der Waals surface area contributed by atoms with E-state index in [1.165, 1.54) is 17.5 Å². The molecular weight excluding hydrogens is 374 g/mol. The predicted molar refractivity (Wildman–Crippen MR) is 117 cm³/mol. The highest BCUT2D eigenvalue weighted by Crippen LogP contribution is 2.30. The van der Waals surface area contributed by atoms with Crippen molar-refractivity contribution in [2.45, 2.75) is 51.6 Å². The molecular formula is C25H29N3O2. The van der Waals surface area contributed by atoms with Gasteiger partial charge in [0.15, 0.2) is 0 Å². The Morgan fingerprint density at radius 1 is 1.27 bits per heavy atom. The smallest absolute Gasteiger partial charge is 0.224 e. The number of pyridine rings is 1. The second kappa shape index (κ2) is 8.23. The number of likely N-dealkylation sites (tertiary alicyclic amines) is 1. The van der Waals surface area contributed by atoms with Crippen molar-refractivity contribution in [1.82, 2.24) is 15.2 Å². The third-order valence-electron chi connectivity index (χ3n) is 6.67. The SMILES string of the molecule is CC1CN(Cc2ccccn2)CCC1NC(=O)Cc1coc2cc3c(cc12)CCC3. The molecule has 1 saturated heterocycles. The molecule has 5 rings (SSSR count). The molecule has 1 fully saturated rings. The molecule has 0 saturated carbocycles. The van der Waals surface area contributed by atoms with Gasteiger partial charge in [0, 0.05) is 42.8 Å². The minimum atomic E-state index is 0.0909. The summed E-state index contributed by atoms with van der Waals surface area (Å²) >= 11 is 0. The number of nitrogens with zero attached hydrogens (tertiary/aromatic N) is 2. The molecule has 1 aliphatic heterocycles. The number of aromatic nitrogens is 1. The summed E-state index contributed by atoms with van der Waals surface area (Å²) in [4.78, 5) is 19.7. The number of fused-ring (bicyclic) bond motifs is 2. The maximum atomic E-state index is 12.8. The Bertz CT molecular complexity index is 1040. The molecule has 1 amide bonds. The van der Waals surface area contributed by atoms with Crippen molar-refractivity contribution < 1.29 is 9.21 Å². The molecule has 3 heterocycles. The van der Waals surface area contributed by atoms with E-state index < -0.39 is 0 Å². The standard InChI is InChI=1S/C25H29N3O2/c1-17-14-28(15-21-7-2-3-9-26-21)10-8-23(17)27-25(29)13-20-16-30-24-12-19-6-4-5-18(19)11-22(20)24/h2-3,7,9,11-12,16-17,23H,4-6,8,10,13-15H2,1H3,(H,27,29). The Hall–Kier alpha value is -2.66. The van der Waals surface area contributed by atoms with Crippen LogP contribution in [-0.2, 0) is 30.6 Å². The summed E-state index contributed by atoms with van der Waals surface area (Å²) in [6.07, 6.45) is 8.45. The molecule has 1 aromatic carbocycles. The third-order valence-corrected chi connectivity index (χ3v) is 6.67. The molecule has 2 aliphatic rings. The first kappa shape index (κ1) is 19.3. The maximum absolute atomic E-state index is 12.8. The summed E-state index contributed by atoms with van der Waals surface area (Å²) in [5.74, 6) is 0.504. The molecule has 2 aromatic heterocycles. The van der Waals surface area contributed by atoms with Crippen molar-refractivity contribution >= 4 is 16.9 Å². The number of hydrogen-bond acceptors (Lipinski definition) is 4. The molecule has 156 valence electrons. The van der Waals surface area contributed by atoms with E-state index in [-0.39, 0.29) is 11.9 Å². The molecule has 5 nitrogen and oxygen atoms in total. The van der Waals surface area contributed by atoms with Crippen molar-refractivity contribution in [1.29, 1.82) is 0 Å². The van der Waals surface area contributed by atoms with Crippen LogP contribution in [0.1, 0.15) is 42.1 Å². The van der Waals surface area contributed by atoms with Crippen LogP contribution < -0.4 is 5.32 Å². The van der Waals surface area contributed by atoms with Gasteiger partial charge in [-0.05, 0) is 67.0 Å². The van der Waals surface area contributed by atoms with Crippen LogP contribution in [0.4, 0.5) is 0 Å². The lowest BCUT2D eigenvalue weighted by atomic mass is 9.93. The number of amides is 1. The van der Waals surface area contributed by atoms with Gasteiger partial charge in [-0.3, -0.25) is 14.7 Å². The van der Waals surface area contributed by atoms with Crippen LogP contribution in [0.5, 0.6) is 0 Å². The molecule has 0 spiro atoms. The third kappa shape index (κ3) is 3.99. The quantitative estimate of drug-likeness (QED) is 0.702. The Kier molecular flexibility index (Phi) is 5.30. The highest BCUT2D eigenvalue weighted by atomic mass is 16.3. The molecule has 2 atom stereocenters. The van der Waals surface area contributed by atoms with E-state index in [1.807, 2.05) is 18.3 Å². The Balaban J connectivity index is 1.19. The molecule has 1 aliphatic carbocycles. The van der Waals surface area contributed by atoms with E-state index in [4.69, 9.17) is 4.42 Å². The summed E-state index contributed by atoms with van der Waals surface area (Å²) in [6, 6.07) is 10.7. The molecule has 0 radical (unpaired) electrons. The van der Waals surface area contributed by atoms with Gasteiger partial charge < -0.3 is 9.73 Å². The second-order valence-corrected chi connectivity index (χ2v) is 8.90. The second-order valence-electron chi connectivity index (χ2n) is 8.90. The normalized spacial score (nSPS) is 21.6. The fourth-order valence-electron chi connectivity index (χ4n) is 5.03.